The van der Waals surface area contributed by atoms with Crippen molar-refractivity contribution in [3.05, 3.63) is 38.9 Å². The van der Waals surface area contributed by atoms with Crippen molar-refractivity contribution >= 4 is 33.1 Å². The molecule has 0 bridgehead atoms. The summed E-state index contributed by atoms with van der Waals surface area (Å²) in [6, 6.07) is 2.22. The molecule has 1 N–H and O–H groups in total. The highest BCUT2D eigenvalue weighted by atomic mass is 79.9. The van der Waals surface area contributed by atoms with Crippen LogP contribution < -0.4 is 5.32 Å². The molecular weight excluding hydrogens is 286 g/mol. The maximum absolute atomic E-state index is 4.35. The molecule has 2 heterocycles. The molecule has 0 aromatic carbocycles. The molecule has 1 atom stereocenters. The first-order chi connectivity index (χ1) is 7.66. The lowest BCUT2D eigenvalue weighted by atomic mass is 10.3. The lowest BCUT2D eigenvalue weighted by molar-refractivity contribution is 0.859. The van der Waals surface area contributed by atoms with E-state index in [1.165, 1.54) is 0 Å². The van der Waals surface area contributed by atoms with E-state index in [0.29, 0.717) is 0 Å². The third-order valence-electron chi connectivity index (χ3n) is 2.15. The Morgan fingerprint density at radius 1 is 1.44 bits per heavy atom. The van der Waals surface area contributed by atoms with Crippen LogP contribution in [-0.4, -0.2) is 9.97 Å². The van der Waals surface area contributed by atoms with Gasteiger partial charge in [0.25, 0.3) is 0 Å². The maximum Gasteiger partial charge on any atom is 0.140 e. The number of halogens is 1. The van der Waals surface area contributed by atoms with E-state index in [-0.39, 0.29) is 6.04 Å². The fraction of sp³-hybridized carbons (Fsp3) is 0.273. The molecule has 0 aliphatic heterocycles. The zero-order valence-corrected chi connectivity index (χ0v) is 11.5. The zero-order valence-electron chi connectivity index (χ0n) is 9.07. The Morgan fingerprint density at radius 2 is 2.25 bits per heavy atom. The summed E-state index contributed by atoms with van der Waals surface area (Å²) < 4.78 is 0.982. The lowest BCUT2D eigenvalue weighted by Crippen LogP contribution is -2.08. The molecule has 0 saturated carbocycles. The van der Waals surface area contributed by atoms with E-state index in [0.717, 1.165) is 20.9 Å². The number of aromatic nitrogens is 2. The van der Waals surface area contributed by atoms with Crippen molar-refractivity contribution < 1.29 is 0 Å². The molecule has 0 spiro atoms. The molecule has 0 radical (unpaired) electrons. The van der Waals surface area contributed by atoms with E-state index in [9.17, 15) is 0 Å². The number of nitrogens with zero attached hydrogens (tertiary/aromatic N) is 2. The number of nitrogens with one attached hydrogen (secondary N) is 1. The summed E-state index contributed by atoms with van der Waals surface area (Å²) in [6.45, 7) is 4.10. The van der Waals surface area contributed by atoms with Gasteiger partial charge in [0.1, 0.15) is 10.8 Å². The highest BCUT2D eigenvalue weighted by Gasteiger charge is 2.10. The van der Waals surface area contributed by atoms with Gasteiger partial charge < -0.3 is 5.32 Å². The first-order valence-electron chi connectivity index (χ1n) is 4.95. The Labute approximate surface area is 107 Å². The number of aryl methyl sites for hydroxylation is 1. The van der Waals surface area contributed by atoms with Gasteiger partial charge in [-0.15, -0.1) is 11.3 Å². The van der Waals surface area contributed by atoms with Crippen LogP contribution in [0, 0.1) is 6.92 Å². The summed E-state index contributed by atoms with van der Waals surface area (Å²) >= 11 is 5.14. The van der Waals surface area contributed by atoms with E-state index >= 15 is 0 Å². The molecule has 0 aliphatic rings. The van der Waals surface area contributed by atoms with E-state index < -0.39 is 0 Å². The standard InChI is InChI=1S/C11H12BrN3S/c1-7-5-9(12)10(14-6-7)15-8(2)11-13-3-4-16-11/h3-6,8H,1-2H3,(H,14,15). The fourth-order valence-corrected chi connectivity index (χ4v) is 2.58. The second kappa shape index (κ2) is 4.93. The van der Waals surface area contributed by atoms with Crippen molar-refractivity contribution in [2.24, 2.45) is 0 Å². The van der Waals surface area contributed by atoms with Crippen LogP contribution in [0.15, 0.2) is 28.3 Å². The summed E-state index contributed by atoms with van der Waals surface area (Å²) in [5.74, 6) is 0.855. The molecule has 2 aromatic rings. The average Bonchev–Trinajstić information content (AvgIpc) is 2.75. The molecule has 84 valence electrons. The number of pyridine rings is 1. The largest absolute Gasteiger partial charge is 0.360 e. The highest BCUT2D eigenvalue weighted by molar-refractivity contribution is 9.10. The molecule has 0 aliphatic carbocycles. The second-order valence-electron chi connectivity index (χ2n) is 3.58. The number of hydrogen-bond donors (Lipinski definition) is 1. The van der Waals surface area contributed by atoms with Crippen LogP contribution in [0.5, 0.6) is 0 Å². The molecule has 0 fully saturated rings. The maximum atomic E-state index is 4.35. The van der Waals surface area contributed by atoms with E-state index in [1.807, 2.05) is 30.8 Å². The van der Waals surface area contributed by atoms with E-state index in [2.05, 4.69) is 38.1 Å². The van der Waals surface area contributed by atoms with Crippen LogP contribution in [0.4, 0.5) is 5.82 Å². The minimum absolute atomic E-state index is 0.173. The Balaban J connectivity index is 2.15. The van der Waals surface area contributed by atoms with Crippen molar-refractivity contribution in [2.75, 3.05) is 5.32 Å². The fourth-order valence-electron chi connectivity index (χ4n) is 1.35. The smallest absolute Gasteiger partial charge is 0.140 e. The predicted octanol–water partition coefficient (Wildman–Crippen LogP) is 3.78. The molecule has 2 aromatic heterocycles. The van der Waals surface area contributed by atoms with Gasteiger partial charge in [0.05, 0.1) is 10.5 Å². The van der Waals surface area contributed by atoms with Gasteiger partial charge in [-0.05, 0) is 41.4 Å². The minimum Gasteiger partial charge on any atom is -0.360 e. The van der Waals surface area contributed by atoms with Crippen molar-refractivity contribution in [1.82, 2.24) is 9.97 Å². The van der Waals surface area contributed by atoms with Crippen LogP contribution in [-0.2, 0) is 0 Å². The van der Waals surface area contributed by atoms with Crippen LogP contribution in [0.2, 0.25) is 0 Å². The van der Waals surface area contributed by atoms with E-state index in [1.54, 1.807) is 11.3 Å². The summed E-state index contributed by atoms with van der Waals surface area (Å²) in [5, 5.41) is 6.37. The van der Waals surface area contributed by atoms with Gasteiger partial charge in [-0.25, -0.2) is 9.97 Å². The molecule has 1 unspecified atom stereocenters. The highest BCUT2D eigenvalue weighted by Crippen LogP contribution is 2.25. The van der Waals surface area contributed by atoms with Gasteiger partial charge in [-0.1, -0.05) is 0 Å². The number of thiazole rings is 1. The molecule has 0 amide bonds. The number of hydrogen-bond acceptors (Lipinski definition) is 4. The van der Waals surface area contributed by atoms with Gasteiger partial charge in [-0.3, -0.25) is 0 Å². The van der Waals surface area contributed by atoms with Crippen molar-refractivity contribution in [1.29, 1.82) is 0 Å². The Morgan fingerprint density at radius 3 is 2.88 bits per heavy atom. The van der Waals surface area contributed by atoms with Crippen molar-refractivity contribution in [3.8, 4) is 0 Å². The molecule has 5 heteroatoms. The zero-order chi connectivity index (χ0) is 11.5. The van der Waals surface area contributed by atoms with Gasteiger partial charge in [0, 0.05) is 17.8 Å². The van der Waals surface area contributed by atoms with Crippen LogP contribution >= 0.6 is 27.3 Å². The molecule has 0 saturated heterocycles. The third-order valence-corrected chi connectivity index (χ3v) is 3.72. The third kappa shape index (κ3) is 2.59. The van der Waals surface area contributed by atoms with Crippen molar-refractivity contribution in [2.45, 2.75) is 19.9 Å². The first kappa shape index (κ1) is 11.5. The SMILES string of the molecule is Cc1cnc(NC(C)c2nccs2)c(Br)c1. The number of anilines is 1. The summed E-state index contributed by atoms with van der Waals surface area (Å²) in [5.41, 5.74) is 1.14. The van der Waals surface area contributed by atoms with Gasteiger partial charge in [0.15, 0.2) is 0 Å². The van der Waals surface area contributed by atoms with Gasteiger partial charge in [0.2, 0.25) is 0 Å². The second-order valence-corrected chi connectivity index (χ2v) is 5.36. The van der Waals surface area contributed by atoms with E-state index in [4.69, 9.17) is 0 Å². The lowest BCUT2D eigenvalue weighted by Gasteiger charge is -2.13. The normalized spacial score (nSPS) is 12.4. The van der Waals surface area contributed by atoms with Crippen LogP contribution in [0.25, 0.3) is 0 Å². The van der Waals surface area contributed by atoms with Crippen molar-refractivity contribution in [3.63, 3.8) is 0 Å². The van der Waals surface area contributed by atoms with Gasteiger partial charge >= 0.3 is 0 Å². The average molecular weight is 298 g/mol. The van der Waals surface area contributed by atoms with Crippen LogP contribution in [0.1, 0.15) is 23.5 Å². The Hall–Kier alpha value is -0.940. The Bertz CT molecular complexity index is 470. The summed E-state index contributed by atoms with van der Waals surface area (Å²) in [4.78, 5) is 8.62. The predicted molar refractivity (Wildman–Crippen MR) is 70.8 cm³/mol. The first-order valence-corrected chi connectivity index (χ1v) is 6.62. The molecule has 16 heavy (non-hydrogen) atoms. The summed E-state index contributed by atoms with van der Waals surface area (Å²) in [7, 11) is 0. The summed E-state index contributed by atoms with van der Waals surface area (Å²) in [6.07, 6.45) is 3.66. The monoisotopic (exact) mass is 297 g/mol. The minimum atomic E-state index is 0.173. The topological polar surface area (TPSA) is 37.8 Å². The quantitative estimate of drug-likeness (QED) is 0.937. The van der Waals surface area contributed by atoms with Crippen LogP contribution in [0.3, 0.4) is 0 Å². The Kier molecular flexibility index (Phi) is 3.56. The number of rotatable bonds is 3. The molecule has 3 nitrogen and oxygen atoms in total. The van der Waals surface area contributed by atoms with Gasteiger partial charge in [-0.2, -0.15) is 0 Å². The molecular formula is C11H12BrN3S. The molecule has 2 rings (SSSR count).